The van der Waals surface area contributed by atoms with E-state index in [4.69, 9.17) is 0 Å². The number of hydrogen-bond acceptors (Lipinski definition) is 3. The van der Waals surface area contributed by atoms with Crippen molar-refractivity contribution in [3.63, 3.8) is 0 Å². The molecule has 0 spiro atoms. The Morgan fingerprint density at radius 3 is 2.84 bits per heavy atom. The zero-order valence-electron chi connectivity index (χ0n) is 12.6. The molecule has 19 heavy (non-hydrogen) atoms. The molecule has 0 bridgehead atoms. The third-order valence-corrected chi connectivity index (χ3v) is 4.51. The summed E-state index contributed by atoms with van der Waals surface area (Å²) in [5, 5.41) is 1.83. The quantitative estimate of drug-likeness (QED) is 0.744. The van der Waals surface area contributed by atoms with Crippen LogP contribution in [0.15, 0.2) is 23.4 Å². The number of thioether (sulfide) groups is 1. The number of nitrogens with zero attached hydrogens (tertiary/aromatic N) is 2. The number of aromatic nitrogens is 1. The lowest BCUT2D eigenvalue weighted by molar-refractivity contribution is 0.226. The maximum atomic E-state index is 4.61. The average molecular weight is 278 g/mol. The summed E-state index contributed by atoms with van der Waals surface area (Å²) in [5.74, 6) is 0.735. The lowest BCUT2D eigenvalue weighted by Gasteiger charge is -2.27. The third-order valence-electron chi connectivity index (χ3n) is 3.47. The summed E-state index contributed by atoms with van der Waals surface area (Å²) >= 11 is 1.90. The van der Waals surface area contributed by atoms with Crippen LogP contribution >= 0.6 is 11.8 Å². The van der Waals surface area contributed by atoms with Gasteiger partial charge in [-0.25, -0.2) is 4.98 Å². The standard InChI is InChI=1S/C16H26N2S/c1-12(2)11-18-10-6-8-15(18)14-7-5-9-17-16(14)19-13(3)4/h5,7,9,12-13,15H,6,8,10-11H2,1-4H3/t15-/m0/s1. The van der Waals surface area contributed by atoms with E-state index in [-0.39, 0.29) is 0 Å². The monoisotopic (exact) mass is 278 g/mol. The fraction of sp³-hybridized carbons (Fsp3) is 0.688. The zero-order chi connectivity index (χ0) is 13.8. The van der Waals surface area contributed by atoms with Gasteiger partial charge in [0.15, 0.2) is 0 Å². The highest BCUT2D eigenvalue weighted by Crippen LogP contribution is 2.37. The average Bonchev–Trinajstić information content (AvgIpc) is 2.76. The molecule has 2 nitrogen and oxygen atoms in total. The van der Waals surface area contributed by atoms with E-state index in [2.05, 4.69) is 49.7 Å². The van der Waals surface area contributed by atoms with Crippen molar-refractivity contribution in [2.75, 3.05) is 13.1 Å². The number of rotatable bonds is 5. The molecule has 2 rings (SSSR count). The van der Waals surface area contributed by atoms with Crippen LogP contribution in [0.3, 0.4) is 0 Å². The van der Waals surface area contributed by atoms with Crippen LogP contribution in [0.25, 0.3) is 0 Å². The lowest BCUT2D eigenvalue weighted by atomic mass is 10.1. The lowest BCUT2D eigenvalue weighted by Crippen LogP contribution is -2.27. The van der Waals surface area contributed by atoms with E-state index in [0.717, 1.165) is 5.92 Å². The van der Waals surface area contributed by atoms with E-state index < -0.39 is 0 Å². The summed E-state index contributed by atoms with van der Waals surface area (Å²) < 4.78 is 0. The van der Waals surface area contributed by atoms with Crippen molar-refractivity contribution in [1.29, 1.82) is 0 Å². The second-order valence-electron chi connectivity index (χ2n) is 6.11. The molecule has 1 aliphatic heterocycles. The van der Waals surface area contributed by atoms with Crippen molar-refractivity contribution in [3.05, 3.63) is 23.9 Å². The molecule has 1 aromatic rings. The fourth-order valence-electron chi connectivity index (χ4n) is 2.84. The summed E-state index contributed by atoms with van der Waals surface area (Å²) in [4.78, 5) is 7.26. The predicted molar refractivity (Wildman–Crippen MR) is 83.6 cm³/mol. The molecule has 1 saturated heterocycles. The molecule has 1 atom stereocenters. The maximum absolute atomic E-state index is 4.61. The molecule has 3 heteroatoms. The highest BCUT2D eigenvalue weighted by Gasteiger charge is 2.28. The first-order chi connectivity index (χ1) is 9.08. The molecule has 0 saturated carbocycles. The molecule has 1 aliphatic rings. The molecule has 1 aromatic heterocycles. The van der Waals surface area contributed by atoms with Gasteiger partial charge in [-0.1, -0.05) is 33.8 Å². The van der Waals surface area contributed by atoms with Gasteiger partial charge >= 0.3 is 0 Å². The van der Waals surface area contributed by atoms with E-state index in [1.54, 1.807) is 0 Å². The van der Waals surface area contributed by atoms with E-state index in [1.165, 1.54) is 36.5 Å². The van der Waals surface area contributed by atoms with E-state index in [9.17, 15) is 0 Å². The Morgan fingerprint density at radius 2 is 2.16 bits per heavy atom. The van der Waals surface area contributed by atoms with Crippen molar-refractivity contribution in [1.82, 2.24) is 9.88 Å². The van der Waals surface area contributed by atoms with Gasteiger partial charge in [-0.05, 0) is 31.4 Å². The van der Waals surface area contributed by atoms with Crippen molar-refractivity contribution in [2.45, 2.75) is 56.9 Å². The summed E-state index contributed by atoms with van der Waals surface area (Å²) in [5.41, 5.74) is 1.44. The Bertz CT molecular complexity index is 403. The summed E-state index contributed by atoms with van der Waals surface area (Å²) in [6.45, 7) is 11.5. The van der Waals surface area contributed by atoms with Crippen LogP contribution in [0.5, 0.6) is 0 Å². The second kappa shape index (κ2) is 6.76. The van der Waals surface area contributed by atoms with Crippen LogP contribution in [0.2, 0.25) is 0 Å². The van der Waals surface area contributed by atoms with Crippen LogP contribution in [-0.4, -0.2) is 28.2 Å². The highest BCUT2D eigenvalue weighted by atomic mass is 32.2. The molecule has 0 amide bonds. The smallest absolute Gasteiger partial charge is 0.101 e. The zero-order valence-corrected chi connectivity index (χ0v) is 13.4. The van der Waals surface area contributed by atoms with Gasteiger partial charge in [0.05, 0.1) is 0 Å². The summed E-state index contributed by atoms with van der Waals surface area (Å²) in [6.07, 6.45) is 4.53. The van der Waals surface area contributed by atoms with Crippen molar-refractivity contribution in [3.8, 4) is 0 Å². The first kappa shape index (κ1) is 14.9. The van der Waals surface area contributed by atoms with Gasteiger partial charge in [0.25, 0.3) is 0 Å². The van der Waals surface area contributed by atoms with Crippen molar-refractivity contribution in [2.24, 2.45) is 5.92 Å². The molecule has 0 aromatic carbocycles. The topological polar surface area (TPSA) is 16.1 Å². The Labute approximate surface area is 122 Å². The SMILES string of the molecule is CC(C)CN1CCC[C@H]1c1cccnc1SC(C)C. The minimum Gasteiger partial charge on any atom is -0.296 e. The van der Waals surface area contributed by atoms with Crippen LogP contribution in [0.4, 0.5) is 0 Å². The minimum absolute atomic E-state index is 0.581. The second-order valence-corrected chi connectivity index (χ2v) is 7.68. The maximum Gasteiger partial charge on any atom is 0.101 e. The van der Waals surface area contributed by atoms with Gasteiger partial charge in [0.1, 0.15) is 5.03 Å². The first-order valence-corrected chi connectivity index (χ1v) is 8.31. The molecule has 0 aliphatic carbocycles. The van der Waals surface area contributed by atoms with E-state index >= 15 is 0 Å². The predicted octanol–water partition coefficient (Wildman–Crippen LogP) is 4.38. The van der Waals surface area contributed by atoms with Crippen molar-refractivity contribution >= 4 is 11.8 Å². The molecular formula is C16H26N2S. The van der Waals surface area contributed by atoms with Gasteiger partial charge in [-0.3, -0.25) is 4.90 Å². The van der Waals surface area contributed by atoms with Crippen LogP contribution in [-0.2, 0) is 0 Å². The molecular weight excluding hydrogens is 252 g/mol. The molecule has 0 N–H and O–H groups in total. The minimum atomic E-state index is 0.581. The Kier molecular flexibility index (Phi) is 5.28. The van der Waals surface area contributed by atoms with E-state index in [0.29, 0.717) is 11.3 Å². The van der Waals surface area contributed by atoms with Gasteiger partial charge in [0.2, 0.25) is 0 Å². The molecule has 2 heterocycles. The van der Waals surface area contributed by atoms with E-state index in [1.807, 2.05) is 18.0 Å². The number of pyridine rings is 1. The summed E-state index contributed by atoms with van der Waals surface area (Å²) in [7, 11) is 0. The Morgan fingerprint density at radius 1 is 1.37 bits per heavy atom. The third kappa shape index (κ3) is 3.96. The van der Waals surface area contributed by atoms with Crippen LogP contribution in [0, 0.1) is 5.92 Å². The molecule has 106 valence electrons. The van der Waals surface area contributed by atoms with Gasteiger partial charge in [-0.15, -0.1) is 11.8 Å². The first-order valence-electron chi connectivity index (χ1n) is 7.43. The van der Waals surface area contributed by atoms with Crippen LogP contribution in [0.1, 0.15) is 52.1 Å². The Hall–Kier alpha value is -0.540. The summed E-state index contributed by atoms with van der Waals surface area (Å²) in [6, 6.07) is 4.95. The number of hydrogen-bond donors (Lipinski definition) is 0. The number of likely N-dealkylation sites (tertiary alicyclic amines) is 1. The largest absolute Gasteiger partial charge is 0.296 e. The molecule has 0 unspecified atom stereocenters. The Balaban J connectivity index is 2.20. The van der Waals surface area contributed by atoms with Gasteiger partial charge in [0, 0.05) is 29.6 Å². The molecule has 0 radical (unpaired) electrons. The van der Waals surface area contributed by atoms with Gasteiger partial charge < -0.3 is 0 Å². The molecule has 1 fully saturated rings. The van der Waals surface area contributed by atoms with Crippen LogP contribution < -0.4 is 0 Å². The normalized spacial score (nSPS) is 20.6. The fourth-order valence-corrected chi connectivity index (χ4v) is 3.75. The van der Waals surface area contributed by atoms with Crippen molar-refractivity contribution < 1.29 is 0 Å². The van der Waals surface area contributed by atoms with Gasteiger partial charge in [-0.2, -0.15) is 0 Å². The highest BCUT2D eigenvalue weighted by molar-refractivity contribution is 7.99.